The van der Waals surface area contributed by atoms with E-state index in [1.165, 1.54) is 11.8 Å². The number of rotatable bonds is 6. The van der Waals surface area contributed by atoms with E-state index in [1.807, 2.05) is 18.2 Å². The van der Waals surface area contributed by atoms with Crippen LogP contribution in [0.3, 0.4) is 0 Å². The van der Waals surface area contributed by atoms with Crippen LogP contribution in [0.25, 0.3) is 0 Å². The molecule has 1 aromatic rings. The van der Waals surface area contributed by atoms with Crippen molar-refractivity contribution in [2.75, 3.05) is 46.1 Å². The summed E-state index contributed by atoms with van der Waals surface area (Å²) < 4.78 is 29.8. The third-order valence-corrected chi connectivity index (χ3v) is 5.22. The van der Waals surface area contributed by atoms with E-state index < -0.39 is 10.0 Å². The van der Waals surface area contributed by atoms with E-state index in [9.17, 15) is 8.42 Å². The first-order chi connectivity index (χ1) is 10.0. The monoisotopic (exact) mass is 312 g/mol. The van der Waals surface area contributed by atoms with Crippen molar-refractivity contribution in [3.63, 3.8) is 0 Å². The highest BCUT2D eigenvalue weighted by Crippen LogP contribution is 2.19. The largest absolute Gasteiger partial charge is 0.496 e. The molecule has 0 radical (unpaired) electrons. The van der Waals surface area contributed by atoms with E-state index in [-0.39, 0.29) is 0 Å². The Morgan fingerprint density at radius 1 is 1.14 bits per heavy atom. The first kappa shape index (κ1) is 16.3. The summed E-state index contributed by atoms with van der Waals surface area (Å²) in [5.74, 6) is 0.944. The maximum Gasteiger partial charge on any atom is 0.211 e. The van der Waals surface area contributed by atoms with Gasteiger partial charge in [0.05, 0.1) is 13.4 Å². The molecule has 118 valence electrons. The number of benzene rings is 1. The summed E-state index contributed by atoms with van der Waals surface area (Å²) in [5, 5.41) is 0. The van der Waals surface area contributed by atoms with Crippen LogP contribution in [0.4, 0.5) is 0 Å². The van der Waals surface area contributed by atoms with Crippen LogP contribution in [0.15, 0.2) is 24.3 Å². The fraction of sp³-hybridized carbons (Fsp3) is 0.600. The number of ether oxygens (including phenoxy) is 1. The normalized spacial score (nSPS) is 17.8. The van der Waals surface area contributed by atoms with Crippen LogP contribution in [0.2, 0.25) is 0 Å². The molecule has 0 N–H and O–H groups in total. The van der Waals surface area contributed by atoms with Gasteiger partial charge in [0.2, 0.25) is 10.0 Å². The molecule has 1 saturated heterocycles. The van der Waals surface area contributed by atoms with Gasteiger partial charge in [-0.3, -0.25) is 0 Å². The molecule has 1 aliphatic heterocycles. The van der Waals surface area contributed by atoms with E-state index in [0.29, 0.717) is 13.1 Å². The van der Waals surface area contributed by atoms with Gasteiger partial charge >= 0.3 is 0 Å². The van der Waals surface area contributed by atoms with Gasteiger partial charge in [0.15, 0.2) is 0 Å². The molecule has 2 rings (SSSR count). The summed E-state index contributed by atoms with van der Waals surface area (Å²) in [6, 6.07) is 8.09. The SMILES string of the molecule is COc1ccccc1CCCN1CCN(S(C)(=O)=O)CC1. The van der Waals surface area contributed by atoms with Crippen LogP contribution in [0.5, 0.6) is 5.75 Å². The number of hydrogen-bond acceptors (Lipinski definition) is 4. The Bertz CT molecular complexity index is 552. The molecule has 0 amide bonds. The van der Waals surface area contributed by atoms with Crippen molar-refractivity contribution in [3.8, 4) is 5.75 Å². The molecule has 1 aromatic carbocycles. The molecule has 0 saturated carbocycles. The van der Waals surface area contributed by atoms with Gasteiger partial charge in [0, 0.05) is 26.2 Å². The van der Waals surface area contributed by atoms with E-state index in [0.717, 1.165) is 38.2 Å². The first-order valence-corrected chi connectivity index (χ1v) is 9.15. The van der Waals surface area contributed by atoms with Crippen LogP contribution in [-0.2, 0) is 16.4 Å². The Morgan fingerprint density at radius 2 is 1.81 bits per heavy atom. The minimum atomic E-state index is -3.03. The van der Waals surface area contributed by atoms with Crippen molar-refractivity contribution in [2.24, 2.45) is 0 Å². The summed E-state index contributed by atoms with van der Waals surface area (Å²) in [4.78, 5) is 2.33. The van der Waals surface area contributed by atoms with Crippen molar-refractivity contribution in [1.82, 2.24) is 9.21 Å². The van der Waals surface area contributed by atoms with E-state index in [4.69, 9.17) is 4.74 Å². The van der Waals surface area contributed by atoms with E-state index in [2.05, 4.69) is 11.0 Å². The zero-order valence-electron chi connectivity index (χ0n) is 12.8. The zero-order chi connectivity index (χ0) is 15.3. The lowest BCUT2D eigenvalue weighted by atomic mass is 10.1. The molecule has 21 heavy (non-hydrogen) atoms. The predicted octanol–water partition coefficient (Wildman–Crippen LogP) is 1.21. The van der Waals surface area contributed by atoms with E-state index in [1.54, 1.807) is 11.4 Å². The summed E-state index contributed by atoms with van der Waals surface area (Å²) in [7, 11) is -1.33. The maximum absolute atomic E-state index is 11.5. The maximum atomic E-state index is 11.5. The number of methoxy groups -OCH3 is 1. The average molecular weight is 312 g/mol. The van der Waals surface area contributed by atoms with Crippen LogP contribution in [-0.4, -0.2) is 63.7 Å². The summed E-state index contributed by atoms with van der Waals surface area (Å²) >= 11 is 0. The molecule has 0 bridgehead atoms. The predicted molar refractivity (Wildman–Crippen MR) is 84.2 cm³/mol. The van der Waals surface area contributed by atoms with Crippen molar-refractivity contribution >= 4 is 10.0 Å². The fourth-order valence-electron chi connectivity index (χ4n) is 2.69. The second kappa shape index (κ2) is 7.24. The van der Waals surface area contributed by atoms with Gasteiger partial charge in [-0.1, -0.05) is 18.2 Å². The first-order valence-electron chi connectivity index (χ1n) is 7.30. The zero-order valence-corrected chi connectivity index (χ0v) is 13.6. The molecule has 1 fully saturated rings. The third kappa shape index (κ3) is 4.69. The number of hydrogen-bond donors (Lipinski definition) is 0. The van der Waals surface area contributed by atoms with Crippen molar-refractivity contribution in [1.29, 1.82) is 0 Å². The van der Waals surface area contributed by atoms with Gasteiger partial charge in [0.25, 0.3) is 0 Å². The molecule has 0 aliphatic carbocycles. The summed E-state index contributed by atoms with van der Waals surface area (Å²) in [6.45, 7) is 3.84. The summed E-state index contributed by atoms with van der Waals surface area (Å²) in [5.41, 5.74) is 1.23. The highest BCUT2D eigenvalue weighted by molar-refractivity contribution is 7.88. The molecular formula is C15H24N2O3S. The average Bonchev–Trinajstić information content (AvgIpc) is 2.47. The van der Waals surface area contributed by atoms with Gasteiger partial charge in [-0.15, -0.1) is 0 Å². The molecule has 0 unspecified atom stereocenters. The Kier molecular flexibility index (Phi) is 5.61. The van der Waals surface area contributed by atoms with Gasteiger partial charge in [-0.05, 0) is 31.0 Å². The quantitative estimate of drug-likeness (QED) is 0.792. The minimum Gasteiger partial charge on any atom is -0.496 e. The van der Waals surface area contributed by atoms with Gasteiger partial charge in [0.1, 0.15) is 5.75 Å². The number of para-hydroxylation sites is 1. The van der Waals surface area contributed by atoms with Crippen LogP contribution in [0, 0.1) is 0 Å². The molecule has 0 atom stereocenters. The Labute approximate surface area is 127 Å². The molecule has 0 aromatic heterocycles. The third-order valence-electron chi connectivity index (χ3n) is 3.91. The second-order valence-corrected chi connectivity index (χ2v) is 7.40. The second-order valence-electron chi connectivity index (χ2n) is 5.42. The molecular weight excluding hydrogens is 288 g/mol. The number of sulfonamides is 1. The van der Waals surface area contributed by atoms with Gasteiger partial charge < -0.3 is 9.64 Å². The van der Waals surface area contributed by atoms with E-state index >= 15 is 0 Å². The lowest BCUT2D eigenvalue weighted by Gasteiger charge is -2.33. The van der Waals surface area contributed by atoms with Crippen LogP contribution in [0.1, 0.15) is 12.0 Å². The fourth-order valence-corrected chi connectivity index (χ4v) is 3.51. The standard InChI is InChI=1S/C15H24N2O3S/c1-20-15-8-4-3-6-14(15)7-5-9-16-10-12-17(13-11-16)21(2,18)19/h3-4,6,8H,5,7,9-13H2,1-2H3. The number of piperazine rings is 1. The molecule has 6 heteroatoms. The molecule has 0 spiro atoms. The number of aryl methyl sites for hydroxylation is 1. The van der Waals surface area contributed by atoms with Crippen molar-refractivity contribution < 1.29 is 13.2 Å². The topological polar surface area (TPSA) is 49.9 Å². The smallest absolute Gasteiger partial charge is 0.211 e. The van der Waals surface area contributed by atoms with Gasteiger partial charge in [-0.25, -0.2) is 8.42 Å². The number of nitrogens with zero attached hydrogens (tertiary/aromatic N) is 2. The highest BCUT2D eigenvalue weighted by atomic mass is 32.2. The molecule has 1 heterocycles. The highest BCUT2D eigenvalue weighted by Gasteiger charge is 2.22. The Morgan fingerprint density at radius 3 is 2.43 bits per heavy atom. The lowest BCUT2D eigenvalue weighted by Crippen LogP contribution is -2.48. The Hall–Kier alpha value is -1.11. The lowest BCUT2D eigenvalue weighted by molar-refractivity contribution is 0.187. The van der Waals surface area contributed by atoms with Crippen molar-refractivity contribution in [2.45, 2.75) is 12.8 Å². The molecule has 1 aliphatic rings. The van der Waals surface area contributed by atoms with Crippen LogP contribution < -0.4 is 4.74 Å². The Balaban J connectivity index is 1.75. The minimum absolute atomic E-state index is 0.605. The van der Waals surface area contributed by atoms with Gasteiger partial charge in [-0.2, -0.15) is 4.31 Å². The molecule has 5 nitrogen and oxygen atoms in total. The van der Waals surface area contributed by atoms with Crippen molar-refractivity contribution in [3.05, 3.63) is 29.8 Å². The van der Waals surface area contributed by atoms with Crippen LogP contribution >= 0.6 is 0 Å². The summed E-state index contributed by atoms with van der Waals surface area (Å²) in [6.07, 6.45) is 3.32.